The molecule has 1 aliphatic rings. The maximum atomic E-state index is 12.1. The van der Waals surface area contributed by atoms with Crippen LogP contribution in [-0.2, 0) is 9.84 Å². The molecule has 0 unspecified atom stereocenters. The molecule has 0 spiro atoms. The molecule has 0 radical (unpaired) electrons. The van der Waals surface area contributed by atoms with Gasteiger partial charge in [-0.15, -0.1) is 0 Å². The highest BCUT2D eigenvalue weighted by atomic mass is 35.5. The van der Waals surface area contributed by atoms with Gasteiger partial charge in [-0.1, -0.05) is 17.7 Å². The summed E-state index contributed by atoms with van der Waals surface area (Å²) in [5.74, 6) is 0. The lowest BCUT2D eigenvalue weighted by Crippen LogP contribution is -2.18. The first-order chi connectivity index (χ1) is 7.43. The van der Waals surface area contributed by atoms with Crippen molar-refractivity contribution >= 4 is 27.5 Å². The standard InChI is InChI=1S/C11H12ClNO2S/c1-13(2)7-8-6-9-10(12)4-3-5-11(9)16(8,14)15/h3-6H,7H2,1-2H3. The van der Waals surface area contributed by atoms with Gasteiger partial charge in [0.2, 0.25) is 9.84 Å². The highest BCUT2D eigenvalue weighted by Gasteiger charge is 2.30. The lowest BCUT2D eigenvalue weighted by Gasteiger charge is -2.10. The Hall–Kier alpha value is -0.840. The molecule has 0 bridgehead atoms. The van der Waals surface area contributed by atoms with Gasteiger partial charge in [0.1, 0.15) is 0 Å². The quantitative estimate of drug-likeness (QED) is 0.814. The molecule has 0 fully saturated rings. The zero-order valence-electron chi connectivity index (χ0n) is 9.07. The van der Waals surface area contributed by atoms with Gasteiger partial charge in [0.25, 0.3) is 0 Å². The third-order valence-electron chi connectivity index (χ3n) is 2.42. The molecule has 16 heavy (non-hydrogen) atoms. The van der Waals surface area contributed by atoms with Crippen molar-refractivity contribution in [1.29, 1.82) is 0 Å². The van der Waals surface area contributed by atoms with E-state index in [0.717, 1.165) is 0 Å². The Kier molecular flexibility index (Phi) is 2.82. The van der Waals surface area contributed by atoms with E-state index in [4.69, 9.17) is 11.6 Å². The van der Waals surface area contributed by atoms with Gasteiger partial charge < -0.3 is 4.90 Å². The molecule has 0 atom stereocenters. The van der Waals surface area contributed by atoms with Gasteiger partial charge in [0.15, 0.2) is 0 Å². The number of sulfone groups is 1. The van der Waals surface area contributed by atoms with Crippen LogP contribution in [0.5, 0.6) is 0 Å². The maximum Gasteiger partial charge on any atom is 0.204 e. The summed E-state index contributed by atoms with van der Waals surface area (Å²) in [4.78, 5) is 2.54. The smallest absolute Gasteiger partial charge is 0.204 e. The van der Waals surface area contributed by atoms with E-state index < -0.39 is 9.84 Å². The van der Waals surface area contributed by atoms with Crippen LogP contribution in [0.3, 0.4) is 0 Å². The van der Waals surface area contributed by atoms with Crippen molar-refractivity contribution in [2.45, 2.75) is 4.90 Å². The van der Waals surface area contributed by atoms with E-state index >= 15 is 0 Å². The van der Waals surface area contributed by atoms with E-state index in [9.17, 15) is 8.42 Å². The summed E-state index contributed by atoms with van der Waals surface area (Å²) >= 11 is 5.98. The number of benzene rings is 1. The predicted octanol–water partition coefficient (Wildman–Crippen LogP) is 2.03. The second-order valence-corrected chi connectivity index (χ2v) is 6.38. The van der Waals surface area contributed by atoms with Crippen LogP contribution in [0.25, 0.3) is 6.08 Å². The van der Waals surface area contributed by atoms with Crippen molar-refractivity contribution in [3.8, 4) is 0 Å². The Morgan fingerprint density at radius 3 is 2.56 bits per heavy atom. The number of fused-ring (bicyclic) bond motifs is 1. The van der Waals surface area contributed by atoms with Crippen molar-refractivity contribution in [2.75, 3.05) is 20.6 Å². The summed E-state index contributed by atoms with van der Waals surface area (Å²) in [5.41, 5.74) is 0.612. The van der Waals surface area contributed by atoms with E-state index in [1.165, 1.54) is 0 Å². The van der Waals surface area contributed by atoms with Crippen LogP contribution in [0.1, 0.15) is 5.56 Å². The molecule has 1 aromatic rings. The highest BCUT2D eigenvalue weighted by Crippen LogP contribution is 2.36. The molecule has 0 saturated carbocycles. The molecule has 3 nitrogen and oxygen atoms in total. The van der Waals surface area contributed by atoms with E-state index in [1.54, 1.807) is 24.3 Å². The minimum Gasteiger partial charge on any atom is -0.304 e. The van der Waals surface area contributed by atoms with Gasteiger partial charge in [-0.25, -0.2) is 8.42 Å². The summed E-state index contributed by atoms with van der Waals surface area (Å²) in [7, 11) is 0.340. The zero-order valence-corrected chi connectivity index (χ0v) is 10.6. The third kappa shape index (κ3) is 1.77. The van der Waals surface area contributed by atoms with Crippen molar-refractivity contribution in [1.82, 2.24) is 4.90 Å². The second-order valence-electron chi connectivity index (χ2n) is 4.00. The molecule has 5 heteroatoms. The molecule has 0 aliphatic carbocycles. The summed E-state index contributed by atoms with van der Waals surface area (Å²) in [6.45, 7) is 0.396. The molecular formula is C11H12ClNO2S. The minimum absolute atomic E-state index is 0.317. The first kappa shape index (κ1) is 11.6. The van der Waals surface area contributed by atoms with Crippen LogP contribution in [-0.4, -0.2) is 34.0 Å². The number of hydrogen-bond donors (Lipinski definition) is 0. The SMILES string of the molecule is CN(C)CC1=Cc2c(Cl)cccc2S1(=O)=O. The lowest BCUT2D eigenvalue weighted by molar-refractivity contribution is 0.451. The first-order valence-corrected chi connectivity index (χ1v) is 6.68. The summed E-state index contributed by atoms with van der Waals surface area (Å²) in [6, 6.07) is 4.95. The zero-order chi connectivity index (χ0) is 11.9. The first-order valence-electron chi connectivity index (χ1n) is 4.82. The highest BCUT2D eigenvalue weighted by molar-refractivity contribution is 7.95. The van der Waals surface area contributed by atoms with E-state index in [0.29, 0.717) is 26.9 Å². The average molecular weight is 258 g/mol. The molecule has 1 aromatic carbocycles. The fraction of sp³-hybridized carbons (Fsp3) is 0.273. The topological polar surface area (TPSA) is 37.4 Å². The number of hydrogen-bond acceptors (Lipinski definition) is 3. The summed E-state index contributed by atoms with van der Waals surface area (Å²) in [6.07, 6.45) is 1.66. The van der Waals surface area contributed by atoms with Crippen LogP contribution < -0.4 is 0 Å². The Morgan fingerprint density at radius 2 is 2.00 bits per heavy atom. The third-order valence-corrected chi connectivity index (χ3v) is 4.63. The second kappa shape index (κ2) is 3.87. The monoisotopic (exact) mass is 257 g/mol. The molecular weight excluding hydrogens is 246 g/mol. The van der Waals surface area contributed by atoms with E-state index in [-0.39, 0.29) is 0 Å². The van der Waals surface area contributed by atoms with Crippen molar-refractivity contribution in [2.24, 2.45) is 0 Å². The number of halogens is 1. The van der Waals surface area contributed by atoms with Crippen LogP contribution in [0.4, 0.5) is 0 Å². The summed E-state index contributed by atoms with van der Waals surface area (Å²) < 4.78 is 24.2. The normalized spacial score (nSPS) is 17.4. The number of rotatable bonds is 2. The van der Waals surface area contributed by atoms with Gasteiger partial charge in [0.05, 0.1) is 9.80 Å². The Balaban J connectivity index is 2.57. The molecule has 2 rings (SSSR count). The van der Waals surface area contributed by atoms with Gasteiger partial charge in [-0.3, -0.25) is 0 Å². The van der Waals surface area contributed by atoms with Gasteiger partial charge >= 0.3 is 0 Å². The van der Waals surface area contributed by atoms with Crippen LogP contribution in [0.2, 0.25) is 5.02 Å². The Bertz CT molecular complexity index is 561. The van der Waals surface area contributed by atoms with Gasteiger partial charge in [0, 0.05) is 17.1 Å². The molecule has 0 amide bonds. The van der Waals surface area contributed by atoms with Gasteiger partial charge in [-0.2, -0.15) is 0 Å². The molecule has 0 aromatic heterocycles. The molecule has 86 valence electrons. The molecule has 1 aliphatic heterocycles. The summed E-state index contributed by atoms with van der Waals surface area (Å²) in [5, 5.41) is 0.481. The largest absolute Gasteiger partial charge is 0.304 e. The van der Waals surface area contributed by atoms with Crippen molar-refractivity contribution in [3.63, 3.8) is 0 Å². The van der Waals surface area contributed by atoms with Crippen LogP contribution >= 0.6 is 11.6 Å². The molecule has 0 saturated heterocycles. The van der Waals surface area contributed by atoms with Crippen LogP contribution in [0.15, 0.2) is 28.0 Å². The predicted molar refractivity (Wildman–Crippen MR) is 65.2 cm³/mol. The maximum absolute atomic E-state index is 12.1. The molecule has 1 heterocycles. The van der Waals surface area contributed by atoms with E-state index in [2.05, 4.69) is 0 Å². The van der Waals surface area contributed by atoms with E-state index in [1.807, 2.05) is 19.0 Å². The fourth-order valence-corrected chi connectivity index (χ4v) is 3.70. The molecule has 0 N–H and O–H groups in total. The average Bonchev–Trinajstić information content (AvgIpc) is 2.41. The Labute approximate surface area is 100 Å². The van der Waals surface area contributed by atoms with Crippen molar-refractivity contribution in [3.05, 3.63) is 33.7 Å². The minimum atomic E-state index is -3.33. The number of likely N-dealkylation sites (N-methyl/N-ethyl adjacent to an activating group) is 1. The fourth-order valence-electron chi connectivity index (χ4n) is 1.71. The van der Waals surface area contributed by atoms with Crippen LogP contribution in [0, 0.1) is 0 Å². The van der Waals surface area contributed by atoms with Crippen molar-refractivity contribution < 1.29 is 8.42 Å². The number of nitrogens with zero attached hydrogens (tertiary/aromatic N) is 1. The Morgan fingerprint density at radius 1 is 1.31 bits per heavy atom. The lowest BCUT2D eigenvalue weighted by atomic mass is 10.2. The van der Waals surface area contributed by atoms with Gasteiger partial charge in [-0.05, 0) is 32.3 Å².